The predicted octanol–water partition coefficient (Wildman–Crippen LogP) is 1.48. The maximum absolute atomic E-state index is 13.2. The Hall–Kier alpha value is -2.45. The van der Waals surface area contributed by atoms with Crippen LogP contribution in [0.15, 0.2) is 40.5 Å². The Morgan fingerprint density at radius 2 is 2.19 bits per heavy atom. The van der Waals surface area contributed by atoms with Crippen LogP contribution in [0.4, 0.5) is 9.52 Å². The molecule has 1 aliphatic heterocycles. The van der Waals surface area contributed by atoms with Gasteiger partial charge in [-0.05, 0) is 18.6 Å². The fraction of sp³-hybridized carbons (Fsp3) is 0.421. The predicted molar refractivity (Wildman–Crippen MR) is 115 cm³/mol. The number of nitrogens with zero attached hydrogens (tertiary/aromatic N) is 2. The lowest BCUT2D eigenvalue weighted by atomic mass is 10.1. The van der Waals surface area contributed by atoms with Gasteiger partial charge in [0, 0.05) is 18.0 Å². The second-order valence-electron chi connectivity index (χ2n) is 6.89. The summed E-state index contributed by atoms with van der Waals surface area (Å²) in [5.74, 6) is -0.696. The van der Waals surface area contributed by atoms with Gasteiger partial charge in [0.15, 0.2) is 22.1 Å². The summed E-state index contributed by atoms with van der Waals surface area (Å²) in [6.45, 7) is 2.27. The molecule has 0 saturated carbocycles. The molecule has 0 unspecified atom stereocenters. The van der Waals surface area contributed by atoms with Gasteiger partial charge in [-0.1, -0.05) is 35.5 Å². The van der Waals surface area contributed by atoms with E-state index in [-0.39, 0.29) is 34.0 Å². The van der Waals surface area contributed by atoms with Gasteiger partial charge in [0.25, 0.3) is 5.91 Å². The summed E-state index contributed by atoms with van der Waals surface area (Å²) in [6.07, 6.45) is 1.70. The molecule has 0 bridgehead atoms. The van der Waals surface area contributed by atoms with Crippen LogP contribution in [0.2, 0.25) is 0 Å². The van der Waals surface area contributed by atoms with Crippen LogP contribution >= 0.6 is 11.3 Å². The van der Waals surface area contributed by atoms with E-state index in [1.807, 2.05) is 0 Å². The molecule has 1 saturated heterocycles. The molecule has 1 aliphatic rings. The van der Waals surface area contributed by atoms with Crippen molar-refractivity contribution in [3.63, 3.8) is 0 Å². The number of anilines is 1. The molecule has 1 fully saturated rings. The number of nitrogens with one attached hydrogen (secondary N) is 2. The number of sulfonamides is 1. The first-order valence-electron chi connectivity index (χ1n) is 9.80. The fourth-order valence-electron chi connectivity index (χ4n) is 2.75. The molecule has 174 valence electrons. The van der Waals surface area contributed by atoms with E-state index in [9.17, 15) is 22.7 Å². The Bertz CT molecular complexity index is 1050. The summed E-state index contributed by atoms with van der Waals surface area (Å²) in [5, 5.41) is 15.1. The average molecular weight is 487 g/mol. The van der Waals surface area contributed by atoms with Crippen molar-refractivity contribution >= 4 is 38.1 Å². The normalized spacial score (nSPS) is 17.8. The van der Waals surface area contributed by atoms with Gasteiger partial charge in [-0.2, -0.15) is 4.39 Å². The van der Waals surface area contributed by atoms with E-state index < -0.39 is 27.1 Å². The number of aromatic nitrogens is 1. The third-order valence-electron chi connectivity index (χ3n) is 4.57. The van der Waals surface area contributed by atoms with Gasteiger partial charge in [0.05, 0.1) is 30.9 Å². The van der Waals surface area contributed by atoms with E-state index >= 15 is 0 Å². The van der Waals surface area contributed by atoms with E-state index in [0.717, 1.165) is 6.20 Å². The maximum Gasteiger partial charge on any atom is 0.280 e. The minimum Gasteiger partial charge on any atom is -0.395 e. The molecule has 1 aromatic carbocycles. The minimum atomic E-state index is -3.87. The molecule has 0 spiro atoms. The summed E-state index contributed by atoms with van der Waals surface area (Å²) >= 11 is 0.654. The second kappa shape index (κ2) is 10.9. The quantitative estimate of drug-likeness (QED) is 0.341. The Morgan fingerprint density at radius 1 is 1.44 bits per heavy atom. The largest absolute Gasteiger partial charge is 0.395 e. The van der Waals surface area contributed by atoms with Crippen molar-refractivity contribution in [1.29, 1.82) is 0 Å². The third kappa shape index (κ3) is 6.29. The topological polar surface area (TPSA) is 139 Å². The molecular formula is C19H23FN4O6S2. The van der Waals surface area contributed by atoms with Crippen LogP contribution in [0.1, 0.15) is 25.3 Å². The molecule has 10 nitrogen and oxygen atoms in total. The number of carbonyl (C=O) groups excluding carboxylic acids is 1. The zero-order valence-electron chi connectivity index (χ0n) is 17.2. The lowest BCUT2D eigenvalue weighted by molar-refractivity contribution is -0.110. The highest BCUT2D eigenvalue weighted by atomic mass is 32.2. The molecule has 3 rings (SSSR count). The minimum absolute atomic E-state index is 0.0417. The number of benzene rings is 1. The van der Waals surface area contributed by atoms with Gasteiger partial charge < -0.3 is 14.7 Å². The van der Waals surface area contributed by atoms with Crippen molar-refractivity contribution in [1.82, 2.24) is 9.71 Å². The first-order chi connectivity index (χ1) is 15.3. The van der Waals surface area contributed by atoms with Crippen molar-refractivity contribution in [2.75, 3.05) is 25.1 Å². The Morgan fingerprint density at radius 3 is 2.75 bits per heavy atom. The SMILES string of the molecule is CC[C@H](CO)NS(=O)(=O)c1ccc(/C(=N\O[C@@H]2CCOC2)C(=O)Nc2ncc(F)s2)cc1. The summed E-state index contributed by atoms with van der Waals surface area (Å²) in [4.78, 5) is 21.9. The van der Waals surface area contributed by atoms with Crippen LogP contribution in [0.5, 0.6) is 0 Å². The molecule has 13 heteroatoms. The molecule has 2 aromatic rings. The van der Waals surface area contributed by atoms with E-state index in [1.165, 1.54) is 24.3 Å². The Labute approximate surface area is 188 Å². The van der Waals surface area contributed by atoms with Crippen LogP contribution in [-0.4, -0.2) is 62.1 Å². The van der Waals surface area contributed by atoms with Crippen molar-refractivity contribution in [2.24, 2.45) is 5.16 Å². The molecule has 3 N–H and O–H groups in total. The molecule has 2 atom stereocenters. The van der Waals surface area contributed by atoms with E-state index in [4.69, 9.17) is 9.57 Å². The van der Waals surface area contributed by atoms with Gasteiger partial charge >= 0.3 is 0 Å². The zero-order chi connectivity index (χ0) is 23.1. The highest BCUT2D eigenvalue weighted by Gasteiger charge is 2.23. The number of thiazole rings is 1. The smallest absolute Gasteiger partial charge is 0.280 e. The number of aliphatic hydroxyl groups excluding tert-OH is 1. The van der Waals surface area contributed by atoms with Gasteiger partial charge in [-0.25, -0.2) is 18.1 Å². The number of halogens is 1. The van der Waals surface area contributed by atoms with Crippen LogP contribution in [0.25, 0.3) is 0 Å². The molecule has 2 heterocycles. The van der Waals surface area contributed by atoms with Crippen molar-refractivity contribution in [2.45, 2.75) is 36.8 Å². The monoisotopic (exact) mass is 486 g/mol. The Balaban J connectivity index is 1.83. The molecule has 0 radical (unpaired) electrons. The standard InChI is InChI=1S/C19H23FN4O6S2/c1-2-13(10-25)24-32(27,28)15-5-3-12(4-6-15)17(23-30-14-7-8-29-11-14)18(26)22-19-21-9-16(20)31-19/h3-6,9,13-14,24-25H,2,7-8,10-11H2,1H3,(H,21,22,26)/b23-17+/t13-,14-/m1/s1. The molecular weight excluding hydrogens is 463 g/mol. The number of carbonyl (C=O) groups is 1. The van der Waals surface area contributed by atoms with Gasteiger partial charge in [-0.15, -0.1) is 0 Å². The fourth-order valence-corrected chi connectivity index (χ4v) is 4.60. The number of ether oxygens (including phenoxy) is 1. The van der Waals surface area contributed by atoms with Crippen molar-refractivity contribution in [3.05, 3.63) is 41.2 Å². The molecule has 32 heavy (non-hydrogen) atoms. The van der Waals surface area contributed by atoms with Crippen LogP contribution in [0, 0.1) is 5.13 Å². The van der Waals surface area contributed by atoms with Crippen LogP contribution in [0.3, 0.4) is 0 Å². The third-order valence-corrected chi connectivity index (χ3v) is 6.80. The number of hydrogen-bond donors (Lipinski definition) is 3. The summed E-state index contributed by atoms with van der Waals surface area (Å²) < 4.78 is 45.9. The van der Waals surface area contributed by atoms with Crippen molar-refractivity contribution < 1.29 is 32.3 Å². The first kappa shape index (κ1) is 24.2. The molecule has 1 amide bonds. The second-order valence-corrected chi connectivity index (χ2v) is 9.58. The number of aliphatic hydroxyl groups is 1. The van der Waals surface area contributed by atoms with Gasteiger partial charge in [0.1, 0.15) is 0 Å². The number of amides is 1. The molecule has 1 aromatic heterocycles. The van der Waals surface area contributed by atoms with Gasteiger partial charge in [-0.3, -0.25) is 10.1 Å². The van der Waals surface area contributed by atoms with E-state index in [0.29, 0.717) is 37.4 Å². The highest BCUT2D eigenvalue weighted by Crippen LogP contribution is 2.18. The maximum atomic E-state index is 13.2. The summed E-state index contributed by atoms with van der Waals surface area (Å²) in [5.41, 5.74) is 0.151. The summed E-state index contributed by atoms with van der Waals surface area (Å²) in [6, 6.07) is 4.83. The number of hydrogen-bond acceptors (Lipinski definition) is 9. The first-order valence-corrected chi connectivity index (χ1v) is 12.1. The summed E-state index contributed by atoms with van der Waals surface area (Å²) in [7, 11) is -3.87. The average Bonchev–Trinajstić information content (AvgIpc) is 3.44. The number of rotatable bonds is 10. The lowest BCUT2D eigenvalue weighted by Gasteiger charge is -2.15. The lowest BCUT2D eigenvalue weighted by Crippen LogP contribution is -2.36. The van der Waals surface area contributed by atoms with E-state index in [1.54, 1.807) is 6.92 Å². The Kier molecular flexibility index (Phi) is 8.26. The van der Waals surface area contributed by atoms with Crippen molar-refractivity contribution in [3.8, 4) is 0 Å². The van der Waals surface area contributed by atoms with Gasteiger partial charge in [0.2, 0.25) is 10.0 Å². The van der Waals surface area contributed by atoms with Crippen LogP contribution in [-0.2, 0) is 24.4 Å². The molecule has 0 aliphatic carbocycles. The van der Waals surface area contributed by atoms with Crippen LogP contribution < -0.4 is 10.0 Å². The van der Waals surface area contributed by atoms with E-state index in [2.05, 4.69) is 20.2 Å². The highest BCUT2D eigenvalue weighted by molar-refractivity contribution is 7.89. The zero-order valence-corrected chi connectivity index (χ0v) is 18.8. The number of oxime groups is 1.